The van der Waals surface area contributed by atoms with E-state index in [1.807, 2.05) is 55.8 Å². The van der Waals surface area contributed by atoms with Crippen molar-refractivity contribution in [1.82, 2.24) is 15.0 Å². The Kier molecular flexibility index (Phi) is 6.04. The summed E-state index contributed by atoms with van der Waals surface area (Å²) in [5.41, 5.74) is 2.02. The van der Waals surface area contributed by atoms with E-state index < -0.39 is 0 Å². The summed E-state index contributed by atoms with van der Waals surface area (Å²) in [5.74, 6) is 2.73. The van der Waals surface area contributed by atoms with Crippen LogP contribution in [0.4, 0.5) is 17.5 Å². The number of hydrogen-bond donors (Lipinski definition) is 1. The van der Waals surface area contributed by atoms with Crippen molar-refractivity contribution in [3.05, 3.63) is 60.6 Å². The van der Waals surface area contributed by atoms with E-state index in [0.29, 0.717) is 11.7 Å². The highest BCUT2D eigenvalue weighted by Gasteiger charge is 2.09. The molecule has 7 heteroatoms. The molecule has 0 spiro atoms. The van der Waals surface area contributed by atoms with Gasteiger partial charge in [0.2, 0.25) is 5.95 Å². The maximum Gasteiger partial charge on any atom is 0.229 e. The molecule has 2 aromatic heterocycles. The third kappa shape index (κ3) is 4.84. The first kappa shape index (κ1) is 18.4. The van der Waals surface area contributed by atoms with Gasteiger partial charge in [-0.1, -0.05) is 0 Å². The molecule has 3 rings (SSSR count). The summed E-state index contributed by atoms with van der Waals surface area (Å²) in [7, 11) is 5.25. The van der Waals surface area contributed by atoms with E-state index in [1.165, 1.54) is 5.56 Å². The van der Waals surface area contributed by atoms with Gasteiger partial charge >= 0.3 is 0 Å². The molecule has 1 aromatic carbocycles. The van der Waals surface area contributed by atoms with Gasteiger partial charge in [-0.05, 0) is 42.3 Å². The molecule has 0 amide bonds. The van der Waals surface area contributed by atoms with E-state index in [0.717, 1.165) is 30.2 Å². The van der Waals surface area contributed by atoms with Crippen LogP contribution in [-0.4, -0.2) is 42.8 Å². The van der Waals surface area contributed by atoms with Crippen molar-refractivity contribution in [1.29, 1.82) is 0 Å². The van der Waals surface area contributed by atoms with E-state index in [-0.39, 0.29) is 0 Å². The summed E-state index contributed by atoms with van der Waals surface area (Å²) in [6.07, 6.45) is 6.27. The summed E-state index contributed by atoms with van der Waals surface area (Å²) in [4.78, 5) is 15.1. The Morgan fingerprint density at radius 2 is 1.81 bits per heavy atom. The minimum Gasteiger partial charge on any atom is -0.497 e. The van der Waals surface area contributed by atoms with E-state index >= 15 is 0 Å². The Balaban J connectivity index is 1.70. The quantitative estimate of drug-likeness (QED) is 0.656. The molecule has 0 saturated carbocycles. The predicted octanol–water partition coefficient (Wildman–Crippen LogP) is 3.31. The van der Waals surface area contributed by atoms with Crippen molar-refractivity contribution in [2.45, 2.75) is 6.42 Å². The van der Waals surface area contributed by atoms with Gasteiger partial charge in [0.05, 0.1) is 19.9 Å². The minimum absolute atomic E-state index is 0.506. The normalized spacial score (nSPS) is 10.3. The van der Waals surface area contributed by atoms with Gasteiger partial charge in [0, 0.05) is 38.2 Å². The molecule has 7 nitrogen and oxygen atoms in total. The monoisotopic (exact) mass is 365 g/mol. The number of aromatic nitrogens is 3. The molecular weight excluding hydrogens is 342 g/mol. The second-order valence-electron chi connectivity index (χ2n) is 5.96. The number of hydrogen-bond acceptors (Lipinski definition) is 7. The van der Waals surface area contributed by atoms with Crippen molar-refractivity contribution in [2.75, 3.05) is 38.0 Å². The van der Waals surface area contributed by atoms with E-state index in [2.05, 4.69) is 25.2 Å². The van der Waals surface area contributed by atoms with Crippen LogP contribution >= 0.6 is 0 Å². The Morgan fingerprint density at radius 1 is 1.00 bits per heavy atom. The van der Waals surface area contributed by atoms with Crippen LogP contribution in [0.15, 0.2) is 55.0 Å². The van der Waals surface area contributed by atoms with Crippen molar-refractivity contribution >= 4 is 17.5 Å². The molecule has 140 valence electrons. The lowest BCUT2D eigenvalue weighted by Crippen LogP contribution is -2.21. The van der Waals surface area contributed by atoms with Crippen LogP contribution in [0.3, 0.4) is 0 Å². The Bertz CT molecular complexity index is 873. The molecule has 0 unspecified atom stereocenters. The second kappa shape index (κ2) is 8.84. The van der Waals surface area contributed by atoms with Gasteiger partial charge in [-0.15, -0.1) is 0 Å². The number of methoxy groups -OCH3 is 2. The van der Waals surface area contributed by atoms with Gasteiger partial charge < -0.3 is 19.7 Å². The van der Waals surface area contributed by atoms with Crippen LogP contribution < -0.4 is 19.7 Å². The largest absolute Gasteiger partial charge is 0.497 e. The minimum atomic E-state index is 0.506. The number of nitrogens with zero attached hydrogens (tertiary/aromatic N) is 4. The molecule has 2 heterocycles. The standard InChI is InChI=1S/C20H23N5O2/c1-25(13-9-15-6-10-21-11-7-15)19-8-12-22-20(24-19)23-17-5-4-16(26-2)14-18(17)27-3/h4-8,10-12,14H,9,13H2,1-3H3,(H,22,23,24). The van der Waals surface area contributed by atoms with Crippen molar-refractivity contribution in [3.63, 3.8) is 0 Å². The van der Waals surface area contributed by atoms with Gasteiger partial charge in [-0.25, -0.2) is 4.98 Å². The zero-order valence-electron chi connectivity index (χ0n) is 15.7. The molecular formula is C20H23N5O2. The van der Waals surface area contributed by atoms with E-state index in [4.69, 9.17) is 9.47 Å². The Hall–Kier alpha value is -3.35. The highest BCUT2D eigenvalue weighted by Crippen LogP contribution is 2.30. The van der Waals surface area contributed by atoms with Gasteiger partial charge in [0.25, 0.3) is 0 Å². The van der Waals surface area contributed by atoms with Crippen LogP contribution in [0.25, 0.3) is 0 Å². The maximum absolute atomic E-state index is 5.41. The van der Waals surface area contributed by atoms with Crippen molar-refractivity contribution < 1.29 is 9.47 Å². The summed E-state index contributed by atoms with van der Waals surface area (Å²) in [6.45, 7) is 0.840. The van der Waals surface area contributed by atoms with Crippen LogP contribution in [0.5, 0.6) is 11.5 Å². The molecule has 0 saturated heterocycles. The number of nitrogens with one attached hydrogen (secondary N) is 1. The number of pyridine rings is 1. The fourth-order valence-electron chi connectivity index (χ4n) is 2.61. The molecule has 0 atom stereocenters. The average Bonchev–Trinajstić information content (AvgIpc) is 2.73. The molecule has 0 fully saturated rings. The predicted molar refractivity (Wildman–Crippen MR) is 106 cm³/mol. The molecule has 0 aliphatic rings. The zero-order valence-corrected chi connectivity index (χ0v) is 15.7. The number of rotatable bonds is 8. The zero-order chi connectivity index (χ0) is 19.1. The van der Waals surface area contributed by atoms with Gasteiger partial charge in [0.1, 0.15) is 17.3 Å². The molecule has 1 N–H and O–H groups in total. The number of ether oxygens (including phenoxy) is 2. The fourth-order valence-corrected chi connectivity index (χ4v) is 2.61. The Morgan fingerprint density at radius 3 is 2.56 bits per heavy atom. The summed E-state index contributed by atoms with van der Waals surface area (Å²) in [6, 6.07) is 11.5. The lowest BCUT2D eigenvalue weighted by Gasteiger charge is -2.19. The first-order valence-corrected chi connectivity index (χ1v) is 8.61. The first-order chi connectivity index (χ1) is 13.2. The number of anilines is 3. The maximum atomic E-state index is 5.41. The molecule has 3 aromatic rings. The molecule has 0 aliphatic heterocycles. The van der Waals surface area contributed by atoms with Crippen LogP contribution in [0.2, 0.25) is 0 Å². The van der Waals surface area contributed by atoms with Gasteiger partial charge in [-0.2, -0.15) is 4.98 Å². The molecule has 27 heavy (non-hydrogen) atoms. The number of likely N-dealkylation sites (N-methyl/N-ethyl adjacent to an activating group) is 1. The molecule has 0 radical (unpaired) electrons. The fraction of sp³-hybridized carbons (Fsp3) is 0.250. The summed E-state index contributed by atoms with van der Waals surface area (Å²) in [5, 5.41) is 3.21. The smallest absolute Gasteiger partial charge is 0.229 e. The third-order valence-electron chi connectivity index (χ3n) is 4.17. The number of benzene rings is 1. The van der Waals surface area contributed by atoms with Crippen molar-refractivity contribution in [2.24, 2.45) is 0 Å². The highest BCUT2D eigenvalue weighted by molar-refractivity contribution is 5.64. The Labute approximate surface area is 159 Å². The average molecular weight is 365 g/mol. The summed E-state index contributed by atoms with van der Waals surface area (Å²) >= 11 is 0. The van der Waals surface area contributed by atoms with E-state index in [1.54, 1.807) is 20.4 Å². The molecule has 0 bridgehead atoms. The lowest BCUT2D eigenvalue weighted by atomic mass is 10.2. The first-order valence-electron chi connectivity index (χ1n) is 8.61. The van der Waals surface area contributed by atoms with Crippen LogP contribution in [0.1, 0.15) is 5.56 Å². The van der Waals surface area contributed by atoms with Crippen LogP contribution in [-0.2, 0) is 6.42 Å². The van der Waals surface area contributed by atoms with Crippen molar-refractivity contribution in [3.8, 4) is 11.5 Å². The molecule has 0 aliphatic carbocycles. The van der Waals surface area contributed by atoms with E-state index in [9.17, 15) is 0 Å². The lowest BCUT2D eigenvalue weighted by molar-refractivity contribution is 0.395. The van der Waals surface area contributed by atoms with Crippen LogP contribution in [0, 0.1) is 0 Å². The highest BCUT2D eigenvalue weighted by atomic mass is 16.5. The topological polar surface area (TPSA) is 72.4 Å². The van der Waals surface area contributed by atoms with Gasteiger partial charge in [-0.3, -0.25) is 4.98 Å². The third-order valence-corrected chi connectivity index (χ3v) is 4.17. The SMILES string of the molecule is COc1ccc(Nc2nccc(N(C)CCc3ccncc3)n2)c(OC)c1. The van der Waals surface area contributed by atoms with Gasteiger partial charge in [0.15, 0.2) is 0 Å². The second-order valence-corrected chi connectivity index (χ2v) is 5.96. The summed E-state index contributed by atoms with van der Waals surface area (Å²) < 4.78 is 10.6.